The Kier molecular flexibility index (Phi) is 6.99. The van der Waals surface area contributed by atoms with Gasteiger partial charge in [0.05, 0.1) is 5.41 Å². The lowest BCUT2D eigenvalue weighted by molar-refractivity contribution is -0.142. The van der Waals surface area contributed by atoms with Gasteiger partial charge >= 0.3 is 0 Å². The molecule has 0 bridgehead atoms. The van der Waals surface area contributed by atoms with E-state index >= 15 is 0 Å². The van der Waals surface area contributed by atoms with E-state index in [0.29, 0.717) is 38.9 Å². The predicted molar refractivity (Wildman–Crippen MR) is 112 cm³/mol. The smallest absolute Gasteiger partial charge is 0.248 e. The van der Waals surface area contributed by atoms with Crippen molar-refractivity contribution in [3.63, 3.8) is 0 Å². The summed E-state index contributed by atoms with van der Waals surface area (Å²) in [5, 5.41) is 3.02. The number of hydrogen-bond acceptors (Lipinski definition) is 4. The third-order valence-corrected chi connectivity index (χ3v) is 5.64. The summed E-state index contributed by atoms with van der Waals surface area (Å²) < 4.78 is 4.97. The topological polar surface area (TPSA) is 71.5 Å². The van der Waals surface area contributed by atoms with Gasteiger partial charge in [0.15, 0.2) is 0 Å². The van der Waals surface area contributed by atoms with Gasteiger partial charge in [0.2, 0.25) is 11.8 Å². The number of nitrogens with one attached hydrogen (secondary N) is 1. The second kappa shape index (κ2) is 9.65. The predicted octanol–water partition coefficient (Wildman–Crippen LogP) is 2.68. The van der Waals surface area contributed by atoms with E-state index in [1.165, 1.54) is 7.11 Å². The van der Waals surface area contributed by atoms with Gasteiger partial charge in [0.25, 0.3) is 0 Å². The second-order valence-corrected chi connectivity index (χ2v) is 7.57. The summed E-state index contributed by atoms with van der Waals surface area (Å²) in [5.41, 5.74) is 2.84. The van der Waals surface area contributed by atoms with Gasteiger partial charge in [0, 0.05) is 39.1 Å². The number of carbonyl (C=O) groups excluding carboxylic acids is 2. The van der Waals surface area contributed by atoms with Crippen molar-refractivity contribution in [3.05, 3.63) is 54.4 Å². The summed E-state index contributed by atoms with van der Waals surface area (Å²) in [4.78, 5) is 31.1. The van der Waals surface area contributed by atoms with Gasteiger partial charge in [0.1, 0.15) is 6.61 Å². The first-order valence-corrected chi connectivity index (χ1v) is 10.1. The van der Waals surface area contributed by atoms with E-state index < -0.39 is 5.41 Å². The first-order chi connectivity index (χ1) is 14.1. The zero-order chi connectivity index (χ0) is 20.7. The molecular weight excluding hydrogens is 366 g/mol. The minimum atomic E-state index is -0.503. The largest absolute Gasteiger partial charge is 0.375 e. The average Bonchev–Trinajstić information content (AvgIpc) is 2.75. The number of aromatic nitrogens is 1. The van der Waals surface area contributed by atoms with Crippen molar-refractivity contribution in [2.24, 2.45) is 5.41 Å². The highest BCUT2D eigenvalue weighted by Gasteiger charge is 2.42. The quantitative estimate of drug-likeness (QED) is 0.782. The highest BCUT2D eigenvalue weighted by molar-refractivity contribution is 5.84. The summed E-state index contributed by atoms with van der Waals surface area (Å²) in [6.45, 7) is 3.77. The van der Waals surface area contributed by atoms with Crippen LogP contribution in [0.4, 0.5) is 0 Å². The van der Waals surface area contributed by atoms with Crippen LogP contribution in [0.5, 0.6) is 0 Å². The van der Waals surface area contributed by atoms with Crippen LogP contribution >= 0.6 is 0 Å². The Morgan fingerprint density at radius 2 is 1.86 bits per heavy atom. The molecule has 1 fully saturated rings. The van der Waals surface area contributed by atoms with Crippen LogP contribution in [0.3, 0.4) is 0 Å². The lowest BCUT2D eigenvalue weighted by Gasteiger charge is -2.40. The molecule has 1 saturated heterocycles. The van der Waals surface area contributed by atoms with E-state index in [9.17, 15) is 9.59 Å². The number of pyridine rings is 1. The molecule has 2 aromatic rings. The Bertz CT molecular complexity index is 830. The van der Waals surface area contributed by atoms with Gasteiger partial charge in [-0.05, 0) is 55.0 Å². The maximum absolute atomic E-state index is 13.0. The number of ether oxygens (including phenoxy) is 1. The van der Waals surface area contributed by atoms with Crippen molar-refractivity contribution in [1.82, 2.24) is 15.2 Å². The highest BCUT2D eigenvalue weighted by atomic mass is 16.5. The second-order valence-electron chi connectivity index (χ2n) is 7.57. The zero-order valence-electron chi connectivity index (χ0n) is 17.2. The first-order valence-electron chi connectivity index (χ1n) is 10.1. The zero-order valence-corrected chi connectivity index (χ0v) is 17.2. The summed E-state index contributed by atoms with van der Waals surface area (Å²) in [5.74, 6) is 0.0600. The van der Waals surface area contributed by atoms with Crippen LogP contribution in [0.2, 0.25) is 0 Å². The van der Waals surface area contributed by atoms with Gasteiger partial charge in [-0.25, -0.2) is 0 Å². The summed E-state index contributed by atoms with van der Waals surface area (Å²) >= 11 is 0. The first kappa shape index (κ1) is 21.0. The molecule has 2 amide bonds. The number of benzene rings is 1. The molecule has 1 aliphatic rings. The maximum Gasteiger partial charge on any atom is 0.248 e. The number of nitrogens with zero attached hydrogens (tertiary/aromatic N) is 2. The van der Waals surface area contributed by atoms with E-state index in [1.807, 2.05) is 25.1 Å². The van der Waals surface area contributed by atoms with E-state index in [4.69, 9.17) is 4.74 Å². The molecule has 29 heavy (non-hydrogen) atoms. The fraction of sp³-hybridized carbons (Fsp3) is 0.435. The molecule has 6 heteroatoms. The van der Waals surface area contributed by atoms with E-state index in [0.717, 1.165) is 16.7 Å². The molecule has 0 atom stereocenters. The molecule has 3 rings (SSSR count). The van der Waals surface area contributed by atoms with Gasteiger partial charge in [-0.2, -0.15) is 0 Å². The fourth-order valence-electron chi connectivity index (χ4n) is 4.03. The van der Waals surface area contributed by atoms with Crippen LogP contribution in [-0.4, -0.2) is 55.0 Å². The highest BCUT2D eigenvalue weighted by Crippen LogP contribution is 2.36. The van der Waals surface area contributed by atoms with Crippen LogP contribution in [0.1, 0.15) is 25.3 Å². The minimum absolute atomic E-state index is 0.0170. The van der Waals surface area contributed by atoms with Crippen molar-refractivity contribution in [2.45, 2.75) is 26.2 Å². The summed E-state index contributed by atoms with van der Waals surface area (Å²) in [7, 11) is 1.52. The fourth-order valence-corrected chi connectivity index (χ4v) is 4.03. The van der Waals surface area contributed by atoms with Crippen molar-refractivity contribution in [1.29, 1.82) is 0 Å². The van der Waals surface area contributed by atoms with Gasteiger partial charge in [-0.15, -0.1) is 0 Å². The standard InChI is InChI=1S/C23H29N3O3/c1-3-25-22(28)23(9-13-26(14-10-23)21(27)17-29-2)16-18-5-4-6-20(15-18)19-7-11-24-12-8-19/h4-8,11-12,15H,3,9-10,13-14,16-17H2,1-2H3,(H,25,28). The van der Waals surface area contributed by atoms with E-state index in [1.54, 1.807) is 17.3 Å². The molecule has 1 N–H and O–H groups in total. The molecule has 1 aromatic heterocycles. The van der Waals surface area contributed by atoms with Gasteiger partial charge in [-0.1, -0.05) is 24.3 Å². The lowest BCUT2D eigenvalue weighted by atomic mass is 9.72. The van der Waals surface area contributed by atoms with Crippen molar-refractivity contribution < 1.29 is 14.3 Å². The SMILES string of the molecule is CCNC(=O)C1(Cc2cccc(-c3ccncc3)c2)CCN(C(=O)COC)CC1. The van der Waals surface area contributed by atoms with Gasteiger partial charge in [-0.3, -0.25) is 14.6 Å². The molecule has 0 aliphatic carbocycles. The third-order valence-electron chi connectivity index (χ3n) is 5.64. The van der Waals surface area contributed by atoms with E-state index in [2.05, 4.69) is 28.5 Å². The van der Waals surface area contributed by atoms with E-state index in [-0.39, 0.29) is 18.4 Å². The van der Waals surface area contributed by atoms with Gasteiger partial charge < -0.3 is 15.0 Å². The molecule has 154 valence electrons. The Hall–Kier alpha value is -2.73. The van der Waals surface area contributed by atoms with Crippen molar-refractivity contribution in [2.75, 3.05) is 33.4 Å². The molecule has 6 nitrogen and oxygen atoms in total. The molecule has 0 unspecified atom stereocenters. The van der Waals surface area contributed by atoms with Crippen LogP contribution in [-0.2, 0) is 20.7 Å². The lowest BCUT2D eigenvalue weighted by Crippen LogP contribution is -2.51. The van der Waals surface area contributed by atoms with Crippen molar-refractivity contribution >= 4 is 11.8 Å². The number of methoxy groups -OCH3 is 1. The summed E-state index contributed by atoms with van der Waals surface area (Å²) in [6, 6.07) is 12.3. The Morgan fingerprint density at radius 3 is 2.52 bits per heavy atom. The van der Waals surface area contributed by atoms with Crippen LogP contribution in [0.15, 0.2) is 48.8 Å². The van der Waals surface area contributed by atoms with Crippen LogP contribution in [0, 0.1) is 5.41 Å². The molecule has 0 radical (unpaired) electrons. The molecule has 0 spiro atoms. The maximum atomic E-state index is 13.0. The number of carbonyl (C=O) groups is 2. The monoisotopic (exact) mass is 395 g/mol. The van der Waals surface area contributed by atoms with Crippen LogP contribution < -0.4 is 5.32 Å². The molecule has 0 saturated carbocycles. The molecule has 1 aromatic carbocycles. The Balaban J connectivity index is 1.80. The number of hydrogen-bond donors (Lipinski definition) is 1. The Labute approximate surface area is 172 Å². The molecular formula is C23H29N3O3. The Morgan fingerprint density at radius 1 is 1.14 bits per heavy atom. The summed E-state index contributed by atoms with van der Waals surface area (Å²) in [6.07, 6.45) is 5.52. The number of piperidine rings is 1. The van der Waals surface area contributed by atoms with Crippen LogP contribution in [0.25, 0.3) is 11.1 Å². The van der Waals surface area contributed by atoms with Crippen molar-refractivity contribution in [3.8, 4) is 11.1 Å². The number of amides is 2. The third kappa shape index (κ3) is 5.01. The molecule has 1 aliphatic heterocycles. The number of likely N-dealkylation sites (tertiary alicyclic amines) is 1. The average molecular weight is 396 g/mol. The number of rotatable bonds is 7. The molecule has 2 heterocycles. The minimum Gasteiger partial charge on any atom is -0.375 e. The normalized spacial score (nSPS) is 15.7.